The first kappa shape index (κ1) is 12.8. The summed E-state index contributed by atoms with van der Waals surface area (Å²) in [4.78, 5) is 11.0. The van der Waals surface area contributed by atoms with Crippen LogP contribution in [0.15, 0.2) is 17.0 Å². The first-order valence-corrected chi connectivity index (χ1v) is 7.20. The molecule has 17 heavy (non-hydrogen) atoms. The molecule has 1 saturated carbocycles. The van der Waals surface area contributed by atoms with Gasteiger partial charge < -0.3 is 4.90 Å². The standard InChI is InChI=1S/C13H20BrN3/c1-10(2)8-17(11-5-3-4-6-11)13-7-12(14)15-9-16-13/h7,9-11H,3-6,8H2,1-2H3. The van der Waals surface area contributed by atoms with Crippen LogP contribution in [0.1, 0.15) is 39.5 Å². The Labute approximate surface area is 112 Å². The van der Waals surface area contributed by atoms with E-state index >= 15 is 0 Å². The second-order valence-electron chi connectivity index (χ2n) is 5.18. The third kappa shape index (κ3) is 3.41. The number of aromatic nitrogens is 2. The summed E-state index contributed by atoms with van der Waals surface area (Å²) in [6.45, 7) is 5.60. The maximum absolute atomic E-state index is 4.42. The van der Waals surface area contributed by atoms with Gasteiger partial charge in [0, 0.05) is 18.7 Å². The predicted octanol–water partition coefficient (Wildman–Crippen LogP) is 3.64. The number of halogens is 1. The summed E-state index contributed by atoms with van der Waals surface area (Å²) in [6, 6.07) is 2.69. The monoisotopic (exact) mass is 297 g/mol. The summed E-state index contributed by atoms with van der Waals surface area (Å²) in [5.74, 6) is 1.72. The van der Waals surface area contributed by atoms with Crippen molar-refractivity contribution in [2.24, 2.45) is 5.92 Å². The molecule has 1 aliphatic carbocycles. The minimum absolute atomic E-state index is 0.657. The molecule has 0 saturated heterocycles. The molecule has 0 amide bonds. The van der Waals surface area contributed by atoms with Crippen LogP contribution in [-0.2, 0) is 0 Å². The van der Waals surface area contributed by atoms with Crippen molar-refractivity contribution >= 4 is 21.7 Å². The molecule has 2 rings (SSSR count). The van der Waals surface area contributed by atoms with Crippen molar-refractivity contribution in [2.75, 3.05) is 11.4 Å². The Balaban J connectivity index is 2.19. The average Bonchev–Trinajstić information content (AvgIpc) is 2.79. The van der Waals surface area contributed by atoms with Crippen LogP contribution in [0.2, 0.25) is 0 Å². The number of hydrogen-bond donors (Lipinski definition) is 0. The van der Waals surface area contributed by atoms with Crippen LogP contribution in [0.25, 0.3) is 0 Å². The minimum Gasteiger partial charge on any atom is -0.353 e. The molecule has 1 aromatic rings. The average molecular weight is 298 g/mol. The molecular formula is C13H20BrN3. The van der Waals surface area contributed by atoms with Gasteiger partial charge in [0.05, 0.1) is 0 Å². The summed E-state index contributed by atoms with van der Waals surface area (Å²) in [5, 5.41) is 0. The molecular weight excluding hydrogens is 278 g/mol. The lowest BCUT2D eigenvalue weighted by Crippen LogP contribution is -2.36. The van der Waals surface area contributed by atoms with E-state index in [1.54, 1.807) is 6.33 Å². The van der Waals surface area contributed by atoms with Gasteiger partial charge in [0.15, 0.2) is 0 Å². The van der Waals surface area contributed by atoms with E-state index in [0.29, 0.717) is 12.0 Å². The zero-order chi connectivity index (χ0) is 12.3. The van der Waals surface area contributed by atoms with Crippen LogP contribution in [-0.4, -0.2) is 22.6 Å². The predicted molar refractivity (Wildman–Crippen MR) is 74.2 cm³/mol. The lowest BCUT2D eigenvalue weighted by atomic mass is 10.1. The van der Waals surface area contributed by atoms with Crippen molar-refractivity contribution in [3.63, 3.8) is 0 Å². The van der Waals surface area contributed by atoms with E-state index < -0.39 is 0 Å². The summed E-state index contributed by atoms with van der Waals surface area (Å²) in [6.07, 6.45) is 6.95. The van der Waals surface area contributed by atoms with E-state index in [0.717, 1.165) is 17.0 Å². The molecule has 0 aromatic carbocycles. The van der Waals surface area contributed by atoms with Gasteiger partial charge in [0.25, 0.3) is 0 Å². The Morgan fingerprint density at radius 1 is 1.35 bits per heavy atom. The fourth-order valence-corrected chi connectivity index (χ4v) is 2.82. The molecule has 4 heteroatoms. The van der Waals surface area contributed by atoms with Gasteiger partial charge in [-0.3, -0.25) is 0 Å². The molecule has 3 nitrogen and oxygen atoms in total. The molecule has 1 fully saturated rings. The Hall–Kier alpha value is -0.640. The van der Waals surface area contributed by atoms with Crippen molar-refractivity contribution in [3.8, 4) is 0 Å². The highest BCUT2D eigenvalue weighted by Gasteiger charge is 2.24. The Morgan fingerprint density at radius 2 is 2.06 bits per heavy atom. The van der Waals surface area contributed by atoms with Crippen LogP contribution in [0.5, 0.6) is 0 Å². The Morgan fingerprint density at radius 3 is 2.65 bits per heavy atom. The molecule has 1 heterocycles. The molecule has 1 aromatic heterocycles. The van der Waals surface area contributed by atoms with Crippen molar-refractivity contribution < 1.29 is 0 Å². The van der Waals surface area contributed by atoms with Gasteiger partial charge in [-0.25, -0.2) is 9.97 Å². The van der Waals surface area contributed by atoms with Crippen molar-refractivity contribution in [1.82, 2.24) is 9.97 Å². The number of hydrogen-bond acceptors (Lipinski definition) is 3. The maximum Gasteiger partial charge on any atom is 0.133 e. The second-order valence-corrected chi connectivity index (χ2v) is 6.00. The molecule has 0 N–H and O–H groups in total. The highest BCUT2D eigenvalue weighted by molar-refractivity contribution is 9.10. The van der Waals surface area contributed by atoms with Crippen molar-refractivity contribution in [2.45, 2.75) is 45.6 Å². The Bertz CT molecular complexity index is 361. The second kappa shape index (κ2) is 5.80. The van der Waals surface area contributed by atoms with Crippen LogP contribution >= 0.6 is 15.9 Å². The Kier molecular flexibility index (Phi) is 4.37. The van der Waals surface area contributed by atoms with Gasteiger partial charge in [-0.05, 0) is 34.7 Å². The number of nitrogens with zero attached hydrogens (tertiary/aromatic N) is 3. The van der Waals surface area contributed by atoms with Crippen molar-refractivity contribution in [1.29, 1.82) is 0 Å². The lowest BCUT2D eigenvalue weighted by Gasteiger charge is -2.31. The van der Waals surface area contributed by atoms with Crippen LogP contribution < -0.4 is 4.90 Å². The SMILES string of the molecule is CC(C)CN(c1cc(Br)ncn1)C1CCCC1. The third-order valence-electron chi connectivity index (χ3n) is 3.24. The van der Waals surface area contributed by atoms with Crippen LogP contribution in [0.3, 0.4) is 0 Å². The van der Waals surface area contributed by atoms with Crippen LogP contribution in [0, 0.1) is 5.92 Å². The molecule has 0 radical (unpaired) electrons. The molecule has 1 aliphatic rings. The molecule has 0 bridgehead atoms. The van der Waals surface area contributed by atoms with Gasteiger partial charge in [0.1, 0.15) is 16.7 Å². The van der Waals surface area contributed by atoms with Gasteiger partial charge in [-0.2, -0.15) is 0 Å². The fourth-order valence-electron chi connectivity index (χ4n) is 2.52. The maximum atomic E-state index is 4.42. The molecule has 0 unspecified atom stereocenters. The van der Waals surface area contributed by atoms with Crippen LogP contribution in [0.4, 0.5) is 5.82 Å². The quantitative estimate of drug-likeness (QED) is 0.795. The molecule has 0 aliphatic heterocycles. The van der Waals surface area contributed by atoms with Gasteiger partial charge in [0.2, 0.25) is 0 Å². The van der Waals surface area contributed by atoms with E-state index in [9.17, 15) is 0 Å². The zero-order valence-electron chi connectivity index (χ0n) is 10.6. The summed E-state index contributed by atoms with van der Waals surface area (Å²) in [7, 11) is 0. The fraction of sp³-hybridized carbons (Fsp3) is 0.692. The van der Waals surface area contributed by atoms with E-state index in [1.165, 1.54) is 25.7 Å². The van der Waals surface area contributed by atoms with E-state index in [1.807, 2.05) is 6.07 Å². The smallest absolute Gasteiger partial charge is 0.133 e. The van der Waals surface area contributed by atoms with Crippen molar-refractivity contribution in [3.05, 3.63) is 17.0 Å². The first-order valence-electron chi connectivity index (χ1n) is 6.41. The summed E-state index contributed by atoms with van der Waals surface area (Å²) in [5.41, 5.74) is 0. The number of rotatable bonds is 4. The first-order chi connectivity index (χ1) is 8.16. The molecule has 0 spiro atoms. The van der Waals surface area contributed by atoms with Gasteiger partial charge in [-0.15, -0.1) is 0 Å². The summed E-state index contributed by atoms with van der Waals surface area (Å²) < 4.78 is 0.870. The normalized spacial score (nSPS) is 16.7. The molecule has 0 atom stereocenters. The topological polar surface area (TPSA) is 29.0 Å². The highest BCUT2D eigenvalue weighted by atomic mass is 79.9. The number of anilines is 1. The van der Waals surface area contributed by atoms with E-state index in [4.69, 9.17) is 0 Å². The highest BCUT2D eigenvalue weighted by Crippen LogP contribution is 2.28. The largest absolute Gasteiger partial charge is 0.353 e. The van der Waals surface area contributed by atoms with E-state index in [-0.39, 0.29) is 0 Å². The summed E-state index contributed by atoms with van der Waals surface area (Å²) >= 11 is 3.43. The van der Waals surface area contributed by atoms with Gasteiger partial charge >= 0.3 is 0 Å². The lowest BCUT2D eigenvalue weighted by molar-refractivity contribution is 0.530. The van der Waals surface area contributed by atoms with E-state index in [2.05, 4.69) is 44.6 Å². The van der Waals surface area contributed by atoms with Gasteiger partial charge in [-0.1, -0.05) is 26.7 Å². The zero-order valence-corrected chi connectivity index (χ0v) is 12.2. The molecule has 94 valence electrons. The third-order valence-corrected chi connectivity index (χ3v) is 3.67. The minimum atomic E-state index is 0.657.